The molecule has 0 radical (unpaired) electrons. The maximum atomic E-state index is 9.67. The maximum Gasteiger partial charge on any atom is 0.151 e. The van der Waals surface area contributed by atoms with E-state index in [4.69, 9.17) is 4.98 Å². The summed E-state index contributed by atoms with van der Waals surface area (Å²) in [6.45, 7) is 2.91. The van der Waals surface area contributed by atoms with Crippen molar-refractivity contribution in [3.8, 4) is 0 Å². The zero-order valence-corrected chi connectivity index (χ0v) is 15.2. The summed E-state index contributed by atoms with van der Waals surface area (Å²) in [4.78, 5) is 18.6. The number of aliphatic hydroxyl groups is 1. The third-order valence-corrected chi connectivity index (χ3v) is 5.74. The zero-order valence-electron chi connectivity index (χ0n) is 15.2. The van der Waals surface area contributed by atoms with Crippen molar-refractivity contribution in [3.63, 3.8) is 0 Å². The molecular formula is C21H23N5O. The molecule has 5 rings (SSSR count). The summed E-state index contributed by atoms with van der Waals surface area (Å²) < 4.78 is 0. The molecule has 6 nitrogen and oxygen atoms in total. The Morgan fingerprint density at radius 2 is 1.89 bits per heavy atom. The van der Waals surface area contributed by atoms with E-state index in [-0.39, 0.29) is 12.6 Å². The van der Waals surface area contributed by atoms with Gasteiger partial charge in [-0.1, -0.05) is 18.2 Å². The molecule has 0 spiro atoms. The van der Waals surface area contributed by atoms with Gasteiger partial charge in [-0.25, -0.2) is 9.97 Å². The topological polar surface area (TPSA) is 65.4 Å². The first-order valence-electron chi connectivity index (χ1n) is 9.62. The maximum absolute atomic E-state index is 9.67. The molecule has 2 aliphatic heterocycles. The molecule has 1 N–H and O–H groups in total. The predicted octanol–water partition coefficient (Wildman–Crippen LogP) is 2.59. The van der Waals surface area contributed by atoms with Crippen LogP contribution in [0.15, 0.2) is 48.8 Å². The van der Waals surface area contributed by atoms with Gasteiger partial charge >= 0.3 is 0 Å². The highest BCUT2D eigenvalue weighted by molar-refractivity contribution is 5.80. The molecule has 27 heavy (non-hydrogen) atoms. The van der Waals surface area contributed by atoms with Crippen LogP contribution in [0.2, 0.25) is 0 Å². The fourth-order valence-electron chi connectivity index (χ4n) is 4.23. The fraction of sp³-hybridized carbons (Fsp3) is 0.381. The van der Waals surface area contributed by atoms with E-state index in [1.807, 2.05) is 12.1 Å². The minimum atomic E-state index is 0.166. The van der Waals surface area contributed by atoms with Gasteiger partial charge in [0, 0.05) is 43.3 Å². The number of pyridine rings is 1. The molecule has 2 aliphatic rings. The number of hydrogen-bond acceptors (Lipinski definition) is 6. The number of benzene rings is 1. The second kappa shape index (κ2) is 6.78. The summed E-state index contributed by atoms with van der Waals surface area (Å²) in [6, 6.07) is 12.6. The van der Waals surface area contributed by atoms with Crippen LogP contribution in [0.3, 0.4) is 0 Å². The lowest BCUT2D eigenvalue weighted by molar-refractivity contribution is 0.265. The standard InChI is InChI=1S/C21H23N5O/c27-14-17-5-3-11-26(17)21-20(22-9-10-23-21)16-12-25(13-16)19-8-7-15-4-1-2-6-18(15)24-19/h1-2,4,6-10,16-17,27H,3,5,11-14H2/t17-/m0/s1. The van der Waals surface area contributed by atoms with Crippen LogP contribution >= 0.6 is 0 Å². The van der Waals surface area contributed by atoms with Crippen molar-refractivity contribution < 1.29 is 5.11 Å². The first-order valence-corrected chi connectivity index (χ1v) is 9.62. The highest BCUT2D eigenvalue weighted by Gasteiger charge is 2.35. The molecule has 2 saturated heterocycles. The van der Waals surface area contributed by atoms with Crippen molar-refractivity contribution in [1.29, 1.82) is 0 Å². The molecule has 138 valence electrons. The highest BCUT2D eigenvalue weighted by Crippen LogP contribution is 2.36. The Bertz CT molecular complexity index is 956. The van der Waals surface area contributed by atoms with Crippen molar-refractivity contribution in [3.05, 3.63) is 54.5 Å². The summed E-state index contributed by atoms with van der Waals surface area (Å²) in [5.41, 5.74) is 2.08. The average Bonchev–Trinajstić information content (AvgIpc) is 3.16. The van der Waals surface area contributed by atoms with E-state index in [1.165, 1.54) is 5.39 Å². The van der Waals surface area contributed by atoms with E-state index in [9.17, 15) is 5.11 Å². The van der Waals surface area contributed by atoms with E-state index in [2.05, 4.69) is 44.0 Å². The first-order chi connectivity index (χ1) is 13.3. The monoisotopic (exact) mass is 361 g/mol. The number of aliphatic hydroxyl groups excluding tert-OH is 1. The van der Waals surface area contributed by atoms with Gasteiger partial charge in [0.2, 0.25) is 0 Å². The number of aromatic nitrogens is 3. The van der Waals surface area contributed by atoms with Gasteiger partial charge in [-0.15, -0.1) is 0 Å². The first kappa shape index (κ1) is 16.4. The van der Waals surface area contributed by atoms with Crippen LogP contribution in [0.5, 0.6) is 0 Å². The SMILES string of the molecule is OC[C@@H]1CCCN1c1nccnc1C1CN(c2ccc3ccccc3n2)C1. The summed E-state index contributed by atoms with van der Waals surface area (Å²) in [6.07, 6.45) is 5.65. The molecular weight excluding hydrogens is 338 g/mol. The van der Waals surface area contributed by atoms with Crippen molar-refractivity contribution in [2.75, 3.05) is 36.0 Å². The molecule has 3 aromatic rings. The molecule has 0 bridgehead atoms. The lowest BCUT2D eigenvalue weighted by atomic mass is 9.95. The van der Waals surface area contributed by atoms with Crippen molar-refractivity contribution >= 4 is 22.5 Å². The fourth-order valence-corrected chi connectivity index (χ4v) is 4.23. The lowest BCUT2D eigenvalue weighted by Gasteiger charge is -2.41. The summed E-state index contributed by atoms with van der Waals surface area (Å²) in [7, 11) is 0. The molecule has 0 saturated carbocycles. The van der Waals surface area contributed by atoms with E-state index in [1.54, 1.807) is 12.4 Å². The van der Waals surface area contributed by atoms with Crippen LogP contribution in [-0.4, -0.2) is 52.3 Å². The van der Waals surface area contributed by atoms with Crippen molar-refractivity contribution in [2.45, 2.75) is 24.8 Å². The summed E-state index contributed by atoms with van der Waals surface area (Å²) in [5.74, 6) is 2.32. The van der Waals surface area contributed by atoms with E-state index in [0.717, 1.165) is 55.3 Å². The third-order valence-electron chi connectivity index (χ3n) is 5.74. The normalized spacial score (nSPS) is 20.3. The smallest absolute Gasteiger partial charge is 0.151 e. The van der Waals surface area contributed by atoms with Crippen LogP contribution in [0.4, 0.5) is 11.6 Å². The zero-order chi connectivity index (χ0) is 18.2. The number of hydrogen-bond donors (Lipinski definition) is 1. The number of fused-ring (bicyclic) bond motifs is 1. The second-order valence-corrected chi connectivity index (χ2v) is 7.40. The lowest BCUT2D eigenvalue weighted by Crippen LogP contribution is -2.47. The minimum Gasteiger partial charge on any atom is -0.394 e. The van der Waals surface area contributed by atoms with Gasteiger partial charge in [0.25, 0.3) is 0 Å². The highest BCUT2D eigenvalue weighted by atomic mass is 16.3. The quantitative estimate of drug-likeness (QED) is 0.771. The Kier molecular flexibility index (Phi) is 4.13. The van der Waals surface area contributed by atoms with Crippen LogP contribution < -0.4 is 9.80 Å². The molecule has 1 atom stereocenters. The predicted molar refractivity (Wildman–Crippen MR) is 106 cm³/mol. The van der Waals surface area contributed by atoms with E-state index in [0.29, 0.717) is 5.92 Å². The van der Waals surface area contributed by atoms with Gasteiger partial charge < -0.3 is 14.9 Å². The van der Waals surface area contributed by atoms with E-state index < -0.39 is 0 Å². The van der Waals surface area contributed by atoms with Crippen LogP contribution in [-0.2, 0) is 0 Å². The molecule has 2 fully saturated rings. The Balaban J connectivity index is 1.36. The van der Waals surface area contributed by atoms with E-state index >= 15 is 0 Å². The van der Waals surface area contributed by atoms with Crippen LogP contribution in [0, 0.1) is 0 Å². The van der Waals surface area contributed by atoms with Crippen LogP contribution in [0.25, 0.3) is 10.9 Å². The van der Waals surface area contributed by atoms with Crippen molar-refractivity contribution in [1.82, 2.24) is 15.0 Å². The number of anilines is 2. The Morgan fingerprint density at radius 1 is 1.04 bits per heavy atom. The summed E-state index contributed by atoms with van der Waals surface area (Å²) in [5, 5.41) is 10.8. The number of nitrogens with zero attached hydrogens (tertiary/aromatic N) is 5. The van der Waals surface area contributed by atoms with Gasteiger partial charge in [-0.3, -0.25) is 4.98 Å². The number of rotatable bonds is 4. The molecule has 0 amide bonds. The van der Waals surface area contributed by atoms with Gasteiger partial charge in [0.05, 0.1) is 23.9 Å². The van der Waals surface area contributed by atoms with Crippen LogP contribution in [0.1, 0.15) is 24.5 Å². The Morgan fingerprint density at radius 3 is 2.78 bits per heavy atom. The molecule has 4 heterocycles. The van der Waals surface area contributed by atoms with Gasteiger partial charge in [0.15, 0.2) is 5.82 Å². The second-order valence-electron chi connectivity index (χ2n) is 7.40. The van der Waals surface area contributed by atoms with Crippen molar-refractivity contribution in [2.24, 2.45) is 0 Å². The Hall–Kier alpha value is -2.73. The van der Waals surface area contributed by atoms with Gasteiger partial charge in [-0.2, -0.15) is 0 Å². The molecule has 2 aromatic heterocycles. The number of para-hydroxylation sites is 1. The average molecular weight is 361 g/mol. The molecule has 0 aliphatic carbocycles. The third kappa shape index (κ3) is 2.90. The van der Waals surface area contributed by atoms with Gasteiger partial charge in [0.1, 0.15) is 5.82 Å². The Labute approximate surface area is 158 Å². The molecule has 0 unspecified atom stereocenters. The largest absolute Gasteiger partial charge is 0.394 e. The minimum absolute atomic E-state index is 0.166. The molecule has 6 heteroatoms. The molecule has 1 aromatic carbocycles. The van der Waals surface area contributed by atoms with Gasteiger partial charge in [-0.05, 0) is 31.0 Å². The summed E-state index contributed by atoms with van der Waals surface area (Å²) >= 11 is 0.